The van der Waals surface area contributed by atoms with E-state index in [-0.39, 0.29) is 24.5 Å². The monoisotopic (exact) mass is 343 g/mol. The van der Waals surface area contributed by atoms with Crippen molar-refractivity contribution in [3.8, 4) is 0 Å². The summed E-state index contributed by atoms with van der Waals surface area (Å²) in [7, 11) is 0. The normalized spacial score (nSPS) is 17.2. The summed E-state index contributed by atoms with van der Waals surface area (Å²) in [6.45, 7) is 5.56. The van der Waals surface area contributed by atoms with Crippen LogP contribution >= 0.6 is 0 Å². The maximum Gasteiger partial charge on any atom is 0.407 e. The van der Waals surface area contributed by atoms with Crippen molar-refractivity contribution >= 4 is 22.9 Å². The number of nitrogens with two attached hydrogens (primary N) is 1. The third-order valence-corrected chi connectivity index (χ3v) is 4.35. The van der Waals surface area contributed by atoms with Crippen LogP contribution in [0.25, 0.3) is 10.9 Å². The Balaban J connectivity index is 1.79. The van der Waals surface area contributed by atoms with E-state index in [4.69, 9.17) is 10.5 Å². The van der Waals surface area contributed by atoms with Crippen molar-refractivity contribution < 1.29 is 14.3 Å². The van der Waals surface area contributed by atoms with E-state index in [1.165, 1.54) is 11.3 Å². The topological polar surface area (TPSA) is 97.2 Å². The largest absolute Gasteiger partial charge is 0.444 e. The van der Waals surface area contributed by atoms with Gasteiger partial charge in [-0.3, -0.25) is 4.79 Å². The number of hydrogen-bond acceptors (Lipinski definition) is 3. The van der Waals surface area contributed by atoms with E-state index in [0.717, 1.165) is 35.7 Å². The van der Waals surface area contributed by atoms with Crippen LogP contribution in [0.15, 0.2) is 18.2 Å². The van der Waals surface area contributed by atoms with E-state index in [2.05, 4.69) is 10.3 Å². The molecule has 6 nitrogen and oxygen atoms in total. The van der Waals surface area contributed by atoms with E-state index >= 15 is 0 Å². The summed E-state index contributed by atoms with van der Waals surface area (Å²) in [5, 5.41) is 4.07. The van der Waals surface area contributed by atoms with Crippen LogP contribution in [0.2, 0.25) is 0 Å². The average molecular weight is 343 g/mol. The second-order valence-corrected chi connectivity index (χ2v) is 7.69. The number of H-pyrrole nitrogens is 1. The Hall–Kier alpha value is -2.50. The summed E-state index contributed by atoms with van der Waals surface area (Å²) < 4.78 is 5.35. The third-order valence-electron chi connectivity index (χ3n) is 4.35. The predicted octanol–water partition coefficient (Wildman–Crippen LogP) is 2.58. The van der Waals surface area contributed by atoms with Gasteiger partial charge in [-0.1, -0.05) is 6.07 Å². The Morgan fingerprint density at radius 2 is 2.12 bits per heavy atom. The molecule has 1 unspecified atom stereocenters. The fourth-order valence-corrected chi connectivity index (χ4v) is 3.37. The first-order valence-corrected chi connectivity index (χ1v) is 8.61. The van der Waals surface area contributed by atoms with Crippen molar-refractivity contribution in [3.05, 3.63) is 35.0 Å². The number of alkyl carbamates (subject to hydrolysis) is 1. The van der Waals surface area contributed by atoms with Gasteiger partial charge in [-0.2, -0.15) is 0 Å². The summed E-state index contributed by atoms with van der Waals surface area (Å²) in [5.41, 5.74) is 9.16. The van der Waals surface area contributed by atoms with E-state index < -0.39 is 5.60 Å². The lowest BCUT2D eigenvalue weighted by Gasteiger charge is -2.26. The van der Waals surface area contributed by atoms with Crippen LogP contribution in [0.1, 0.15) is 44.0 Å². The number of hydrogen-bond donors (Lipinski definition) is 3. The summed E-state index contributed by atoms with van der Waals surface area (Å²) in [4.78, 5) is 26.6. The lowest BCUT2D eigenvalue weighted by Crippen LogP contribution is -2.41. The molecule has 2 aromatic rings. The van der Waals surface area contributed by atoms with Gasteiger partial charge in [0.2, 0.25) is 5.91 Å². The number of ether oxygens (including phenoxy) is 1. The maximum atomic E-state index is 12.0. The summed E-state index contributed by atoms with van der Waals surface area (Å²) in [6, 6.07) is 5.97. The van der Waals surface area contributed by atoms with Gasteiger partial charge in [-0.05, 0) is 63.3 Å². The first-order valence-electron chi connectivity index (χ1n) is 8.61. The van der Waals surface area contributed by atoms with Crippen molar-refractivity contribution in [1.82, 2.24) is 10.3 Å². The molecule has 3 rings (SSSR count). The van der Waals surface area contributed by atoms with Gasteiger partial charge in [0.05, 0.1) is 6.42 Å². The standard InChI is InChI=1S/C19H25N3O3/c1-19(2,3)25-18(24)21-12-5-7-16-14(10-12)13-8-11(9-17(20)23)4-6-15(13)22-16/h4,6,8,12,22H,5,7,9-10H2,1-3H3,(H2,20,23)(H,21,24). The minimum Gasteiger partial charge on any atom is -0.444 e. The van der Waals surface area contributed by atoms with Crippen LogP contribution in [0, 0.1) is 0 Å². The molecule has 0 saturated carbocycles. The van der Waals surface area contributed by atoms with Gasteiger partial charge in [0.1, 0.15) is 5.60 Å². The Morgan fingerprint density at radius 1 is 1.36 bits per heavy atom. The number of benzene rings is 1. The number of aromatic nitrogens is 1. The molecule has 6 heteroatoms. The van der Waals surface area contributed by atoms with Gasteiger partial charge in [-0.15, -0.1) is 0 Å². The number of nitrogens with one attached hydrogen (secondary N) is 2. The van der Waals surface area contributed by atoms with Gasteiger partial charge < -0.3 is 20.8 Å². The van der Waals surface area contributed by atoms with Gasteiger partial charge in [-0.25, -0.2) is 4.79 Å². The molecule has 1 heterocycles. The molecule has 134 valence electrons. The molecule has 1 aromatic carbocycles. The smallest absolute Gasteiger partial charge is 0.407 e. The molecule has 1 aliphatic rings. The second-order valence-electron chi connectivity index (χ2n) is 7.69. The van der Waals surface area contributed by atoms with Crippen molar-refractivity contribution in [1.29, 1.82) is 0 Å². The summed E-state index contributed by atoms with van der Waals surface area (Å²) in [5.74, 6) is -0.340. The number of rotatable bonds is 3. The molecule has 0 saturated heterocycles. The van der Waals surface area contributed by atoms with Crippen LogP contribution < -0.4 is 11.1 Å². The average Bonchev–Trinajstić information content (AvgIpc) is 2.82. The van der Waals surface area contributed by atoms with Crippen molar-refractivity contribution in [2.45, 2.75) is 58.1 Å². The Kier molecular flexibility index (Phi) is 4.45. The van der Waals surface area contributed by atoms with Crippen molar-refractivity contribution in [2.75, 3.05) is 0 Å². The first-order chi connectivity index (χ1) is 11.7. The Bertz CT molecular complexity index is 817. The molecule has 0 radical (unpaired) electrons. The molecule has 1 atom stereocenters. The number of aromatic amines is 1. The molecular formula is C19H25N3O3. The Labute approximate surface area is 147 Å². The molecule has 1 aliphatic carbocycles. The molecule has 0 bridgehead atoms. The number of fused-ring (bicyclic) bond motifs is 3. The highest BCUT2D eigenvalue weighted by molar-refractivity contribution is 5.87. The van der Waals surface area contributed by atoms with E-state index in [9.17, 15) is 9.59 Å². The van der Waals surface area contributed by atoms with Crippen LogP contribution in [0.3, 0.4) is 0 Å². The van der Waals surface area contributed by atoms with Gasteiger partial charge in [0.25, 0.3) is 0 Å². The van der Waals surface area contributed by atoms with E-state index in [1.807, 2.05) is 39.0 Å². The highest BCUT2D eigenvalue weighted by atomic mass is 16.6. The highest BCUT2D eigenvalue weighted by Crippen LogP contribution is 2.30. The van der Waals surface area contributed by atoms with Crippen LogP contribution in [0.4, 0.5) is 4.79 Å². The van der Waals surface area contributed by atoms with Gasteiger partial charge in [0.15, 0.2) is 0 Å². The zero-order valence-corrected chi connectivity index (χ0v) is 14.9. The van der Waals surface area contributed by atoms with Gasteiger partial charge >= 0.3 is 6.09 Å². The fourth-order valence-electron chi connectivity index (χ4n) is 3.37. The molecule has 0 spiro atoms. The van der Waals surface area contributed by atoms with Crippen molar-refractivity contribution in [3.63, 3.8) is 0 Å². The number of carbonyl (C=O) groups is 2. The molecular weight excluding hydrogens is 318 g/mol. The fraction of sp³-hybridized carbons (Fsp3) is 0.474. The number of aryl methyl sites for hydroxylation is 1. The first kappa shape index (κ1) is 17.3. The molecule has 0 aliphatic heterocycles. The van der Waals surface area contributed by atoms with Crippen LogP contribution in [-0.2, 0) is 28.8 Å². The lowest BCUT2D eigenvalue weighted by molar-refractivity contribution is -0.117. The van der Waals surface area contributed by atoms with Gasteiger partial charge in [0, 0.05) is 22.6 Å². The van der Waals surface area contributed by atoms with Crippen molar-refractivity contribution in [2.24, 2.45) is 5.73 Å². The quantitative estimate of drug-likeness (QED) is 0.799. The zero-order valence-electron chi connectivity index (χ0n) is 14.9. The SMILES string of the molecule is CC(C)(C)OC(=O)NC1CCc2[nH]c3ccc(CC(N)=O)cc3c2C1. The molecule has 2 amide bonds. The number of amides is 2. The molecule has 1 aromatic heterocycles. The minimum absolute atomic E-state index is 0.0427. The van der Waals surface area contributed by atoms with E-state index in [0.29, 0.717) is 0 Å². The molecule has 25 heavy (non-hydrogen) atoms. The number of carbonyl (C=O) groups excluding carboxylic acids is 2. The lowest BCUT2D eigenvalue weighted by atomic mass is 9.91. The number of primary amides is 1. The van der Waals surface area contributed by atoms with Crippen LogP contribution in [-0.4, -0.2) is 28.6 Å². The zero-order chi connectivity index (χ0) is 18.2. The molecule has 0 fully saturated rings. The van der Waals surface area contributed by atoms with E-state index in [1.54, 1.807) is 0 Å². The second kappa shape index (κ2) is 6.43. The van der Waals surface area contributed by atoms with Crippen LogP contribution in [0.5, 0.6) is 0 Å². The predicted molar refractivity (Wildman–Crippen MR) is 96.4 cm³/mol. The summed E-state index contributed by atoms with van der Waals surface area (Å²) in [6.07, 6.45) is 2.34. The highest BCUT2D eigenvalue weighted by Gasteiger charge is 2.25. The summed E-state index contributed by atoms with van der Waals surface area (Å²) >= 11 is 0. The minimum atomic E-state index is -0.506. The maximum absolute atomic E-state index is 12.0. The third kappa shape index (κ3) is 4.13. The molecule has 4 N–H and O–H groups in total. The Morgan fingerprint density at radius 3 is 2.80 bits per heavy atom.